The SMILES string of the molecule is OC1(C(F)(F)F)CC(N2Cc3cc(Cl)ccc3-n3c(nnc3C3CC4(C3)CN(c3ccc(F)cn3)C4)C2)C1. The van der Waals surface area contributed by atoms with Crippen LogP contribution < -0.4 is 4.90 Å². The maximum absolute atomic E-state index is 13.3. The molecule has 3 aromatic rings. The maximum atomic E-state index is 13.3. The molecule has 12 heteroatoms. The van der Waals surface area contributed by atoms with Crippen molar-refractivity contribution in [2.75, 3.05) is 18.0 Å². The number of halogens is 5. The van der Waals surface area contributed by atoms with Crippen molar-refractivity contribution in [1.82, 2.24) is 24.6 Å². The van der Waals surface area contributed by atoms with Crippen LogP contribution in [0.25, 0.3) is 5.69 Å². The Bertz CT molecular complexity index is 1390. The van der Waals surface area contributed by atoms with E-state index in [0.29, 0.717) is 23.9 Å². The molecule has 0 unspecified atom stereocenters. The van der Waals surface area contributed by atoms with Crippen molar-refractivity contribution >= 4 is 17.4 Å². The van der Waals surface area contributed by atoms with Crippen LogP contribution in [0.2, 0.25) is 5.02 Å². The Labute approximate surface area is 221 Å². The molecule has 7 nitrogen and oxygen atoms in total. The van der Waals surface area contributed by atoms with Gasteiger partial charge in [0.25, 0.3) is 0 Å². The summed E-state index contributed by atoms with van der Waals surface area (Å²) in [6.07, 6.45) is -2.26. The van der Waals surface area contributed by atoms with E-state index in [1.807, 2.05) is 17.0 Å². The van der Waals surface area contributed by atoms with E-state index in [-0.39, 0.29) is 30.0 Å². The first-order chi connectivity index (χ1) is 18.0. The van der Waals surface area contributed by atoms with Crippen LogP contribution in [0.15, 0.2) is 36.5 Å². The van der Waals surface area contributed by atoms with E-state index in [9.17, 15) is 22.7 Å². The van der Waals surface area contributed by atoms with Crippen molar-refractivity contribution in [3.05, 3.63) is 64.6 Å². The van der Waals surface area contributed by atoms with Crippen LogP contribution in [0.3, 0.4) is 0 Å². The average molecular weight is 549 g/mol. The van der Waals surface area contributed by atoms with E-state index in [2.05, 4.69) is 24.6 Å². The van der Waals surface area contributed by atoms with Gasteiger partial charge in [-0.1, -0.05) is 11.6 Å². The van der Waals surface area contributed by atoms with Crippen LogP contribution in [0.5, 0.6) is 0 Å². The summed E-state index contributed by atoms with van der Waals surface area (Å²) >= 11 is 6.31. The van der Waals surface area contributed by atoms with Gasteiger partial charge in [0.05, 0.1) is 18.4 Å². The Morgan fingerprint density at radius 3 is 2.45 bits per heavy atom. The average Bonchev–Trinajstić information content (AvgIpc) is 3.10. The monoisotopic (exact) mass is 548 g/mol. The van der Waals surface area contributed by atoms with Crippen molar-refractivity contribution in [3.63, 3.8) is 0 Å². The third-order valence-electron chi connectivity index (χ3n) is 8.76. The minimum absolute atomic E-state index is 0.167. The molecule has 1 N–H and O–H groups in total. The summed E-state index contributed by atoms with van der Waals surface area (Å²) in [6, 6.07) is 8.26. The van der Waals surface area contributed by atoms with Crippen LogP contribution in [-0.2, 0) is 13.1 Å². The molecule has 3 fully saturated rings. The molecule has 0 bridgehead atoms. The van der Waals surface area contributed by atoms with Gasteiger partial charge >= 0.3 is 6.18 Å². The van der Waals surface area contributed by atoms with E-state index < -0.39 is 17.8 Å². The fourth-order valence-corrected chi connectivity index (χ4v) is 6.88. The zero-order valence-corrected chi connectivity index (χ0v) is 21.1. The number of hydrogen-bond donors (Lipinski definition) is 1. The summed E-state index contributed by atoms with van der Waals surface area (Å²) in [5.41, 5.74) is -0.684. The van der Waals surface area contributed by atoms with Crippen molar-refractivity contribution in [2.24, 2.45) is 5.41 Å². The fourth-order valence-electron chi connectivity index (χ4n) is 6.69. The molecule has 7 rings (SSSR count). The molecule has 2 saturated carbocycles. The number of alkyl halides is 3. The second-order valence-electron chi connectivity index (χ2n) is 11.4. The summed E-state index contributed by atoms with van der Waals surface area (Å²) in [5, 5.41) is 19.6. The molecular weight excluding hydrogens is 524 g/mol. The summed E-state index contributed by atoms with van der Waals surface area (Å²) in [4.78, 5) is 8.27. The lowest BCUT2D eigenvalue weighted by molar-refractivity contribution is -0.300. The van der Waals surface area contributed by atoms with Crippen LogP contribution in [0.1, 0.15) is 48.8 Å². The molecule has 200 valence electrons. The highest BCUT2D eigenvalue weighted by atomic mass is 35.5. The van der Waals surface area contributed by atoms with E-state index in [1.54, 1.807) is 12.1 Å². The highest BCUT2D eigenvalue weighted by molar-refractivity contribution is 6.30. The summed E-state index contributed by atoms with van der Waals surface area (Å²) in [5.74, 6) is 2.16. The van der Waals surface area contributed by atoms with Gasteiger partial charge in [-0.3, -0.25) is 9.47 Å². The van der Waals surface area contributed by atoms with Crippen LogP contribution >= 0.6 is 11.6 Å². The van der Waals surface area contributed by atoms with Gasteiger partial charge in [-0.15, -0.1) is 10.2 Å². The zero-order chi connectivity index (χ0) is 26.4. The summed E-state index contributed by atoms with van der Waals surface area (Å²) < 4.78 is 55.1. The number of pyridine rings is 1. The normalized spacial score (nSPS) is 26.7. The topological polar surface area (TPSA) is 70.3 Å². The highest BCUT2D eigenvalue weighted by Gasteiger charge is 2.62. The molecule has 2 aliphatic heterocycles. The number of nitrogens with zero attached hydrogens (tertiary/aromatic N) is 6. The van der Waals surface area contributed by atoms with Gasteiger partial charge in [-0.25, -0.2) is 9.37 Å². The van der Waals surface area contributed by atoms with Crippen LogP contribution in [-0.4, -0.2) is 60.7 Å². The third-order valence-corrected chi connectivity index (χ3v) is 8.99. The number of aromatic nitrogens is 4. The second kappa shape index (κ2) is 8.12. The Balaban J connectivity index is 1.11. The van der Waals surface area contributed by atoms with Gasteiger partial charge in [0, 0.05) is 54.9 Å². The van der Waals surface area contributed by atoms with E-state index in [1.165, 1.54) is 12.3 Å². The van der Waals surface area contributed by atoms with E-state index in [0.717, 1.165) is 48.8 Å². The smallest absolute Gasteiger partial charge is 0.380 e. The number of benzene rings is 1. The first kappa shape index (κ1) is 24.3. The van der Waals surface area contributed by atoms with Crippen molar-refractivity contribution in [3.8, 4) is 5.69 Å². The Hall–Kier alpha value is -2.76. The second-order valence-corrected chi connectivity index (χ2v) is 11.8. The predicted octanol–water partition coefficient (Wildman–Crippen LogP) is 4.61. The molecule has 1 spiro atoms. The van der Waals surface area contributed by atoms with Gasteiger partial charge in [0.1, 0.15) is 17.5 Å². The van der Waals surface area contributed by atoms with E-state index in [4.69, 9.17) is 11.6 Å². The molecule has 0 atom stereocenters. The van der Waals surface area contributed by atoms with E-state index >= 15 is 0 Å². The molecule has 4 heterocycles. The molecule has 2 aromatic heterocycles. The Morgan fingerprint density at radius 2 is 1.76 bits per heavy atom. The predicted molar refractivity (Wildman–Crippen MR) is 130 cm³/mol. The highest BCUT2D eigenvalue weighted by Crippen LogP contribution is 2.57. The van der Waals surface area contributed by atoms with Crippen LogP contribution in [0, 0.1) is 11.2 Å². The first-order valence-electron chi connectivity index (χ1n) is 12.7. The summed E-state index contributed by atoms with van der Waals surface area (Å²) in [7, 11) is 0. The maximum Gasteiger partial charge on any atom is 0.417 e. The standard InChI is InChI=1S/C26H25ClF4N6O/c27-17-1-3-20-15(5-17)11-35(19-8-25(38,9-19)26(29,30)31)12-22-33-34-23(37(20)22)16-6-24(7-16)13-36(14-24)21-4-2-18(28)10-32-21/h1-5,10,16,19,38H,6-9,11-14H2. The Kier molecular flexibility index (Phi) is 5.19. The molecule has 38 heavy (non-hydrogen) atoms. The minimum Gasteiger partial charge on any atom is -0.380 e. The zero-order valence-electron chi connectivity index (χ0n) is 20.3. The quantitative estimate of drug-likeness (QED) is 0.482. The Morgan fingerprint density at radius 1 is 1.00 bits per heavy atom. The lowest BCUT2D eigenvalue weighted by Crippen LogP contribution is -2.62. The molecular formula is C26H25ClF4N6O. The fraction of sp³-hybridized carbons (Fsp3) is 0.500. The van der Waals surface area contributed by atoms with Crippen LogP contribution in [0.4, 0.5) is 23.4 Å². The lowest BCUT2D eigenvalue weighted by atomic mass is 9.57. The molecule has 2 aliphatic carbocycles. The van der Waals surface area contributed by atoms with Gasteiger partial charge < -0.3 is 10.0 Å². The van der Waals surface area contributed by atoms with Gasteiger partial charge in [0.2, 0.25) is 0 Å². The summed E-state index contributed by atoms with van der Waals surface area (Å²) in [6.45, 7) is 2.45. The lowest BCUT2D eigenvalue weighted by Gasteiger charge is -2.59. The first-order valence-corrected chi connectivity index (χ1v) is 13.0. The number of fused-ring (bicyclic) bond motifs is 3. The third kappa shape index (κ3) is 3.73. The molecule has 1 aromatic carbocycles. The largest absolute Gasteiger partial charge is 0.417 e. The van der Waals surface area contributed by atoms with Gasteiger partial charge in [-0.05, 0) is 48.7 Å². The molecule has 0 amide bonds. The number of rotatable bonds is 3. The number of hydrogen-bond acceptors (Lipinski definition) is 6. The minimum atomic E-state index is -4.65. The van der Waals surface area contributed by atoms with Crippen molar-refractivity contribution in [1.29, 1.82) is 0 Å². The number of aliphatic hydroxyl groups is 1. The molecule has 4 aliphatic rings. The van der Waals surface area contributed by atoms with Crippen molar-refractivity contribution < 1.29 is 22.7 Å². The number of anilines is 1. The van der Waals surface area contributed by atoms with Crippen molar-refractivity contribution in [2.45, 2.75) is 62.5 Å². The van der Waals surface area contributed by atoms with Gasteiger partial charge in [-0.2, -0.15) is 13.2 Å². The van der Waals surface area contributed by atoms with Gasteiger partial charge in [0.15, 0.2) is 11.4 Å². The molecule has 0 radical (unpaired) electrons. The molecule has 1 saturated heterocycles.